The molecule has 1 aliphatic heterocycles. The molecule has 1 rings (SSSR count). The molecule has 1 saturated heterocycles. The average molecular weight is 244 g/mol. The van der Waals surface area contributed by atoms with Crippen molar-refractivity contribution in [2.24, 2.45) is 0 Å². The molecule has 0 atom stereocenters. The Labute approximate surface area is 106 Å². The van der Waals surface area contributed by atoms with Gasteiger partial charge in [0.2, 0.25) is 0 Å². The lowest BCUT2D eigenvalue weighted by Gasteiger charge is -2.27. The molecule has 1 aliphatic rings. The first-order valence-electron chi connectivity index (χ1n) is 7.18. The summed E-state index contributed by atoms with van der Waals surface area (Å²) in [7, 11) is 0. The molecule has 102 valence electrons. The van der Waals surface area contributed by atoms with Crippen LogP contribution in [-0.2, 0) is 14.2 Å². The van der Waals surface area contributed by atoms with Crippen molar-refractivity contribution < 1.29 is 14.2 Å². The standard InChI is InChI=1S/C14H28O3/c1-3-5-6-7-8-9-14(10-11-15-4-2)16-12-13-17-14/h3-13H2,1-2H3. The lowest BCUT2D eigenvalue weighted by Crippen LogP contribution is -2.31. The molecule has 0 spiro atoms. The van der Waals surface area contributed by atoms with Gasteiger partial charge in [0.1, 0.15) is 0 Å². The Hall–Kier alpha value is -0.120. The van der Waals surface area contributed by atoms with Gasteiger partial charge in [-0.1, -0.05) is 32.6 Å². The van der Waals surface area contributed by atoms with E-state index in [1.54, 1.807) is 0 Å². The van der Waals surface area contributed by atoms with Crippen LogP contribution in [0.2, 0.25) is 0 Å². The maximum Gasteiger partial charge on any atom is 0.170 e. The molecule has 0 amide bonds. The van der Waals surface area contributed by atoms with Gasteiger partial charge in [-0.25, -0.2) is 0 Å². The van der Waals surface area contributed by atoms with Gasteiger partial charge < -0.3 is 14.2 Å². The van der Waals surface area contributed by atoms with Gasteiger partial charge in [-0.15, -0.1) is 0 Å². The molecule has 0 N–H and O–H groups in total. The van der Waals surface area contributed by atoms with E-state index in [-0.39, 0.29) is 5.79 Å². The number of hydrogen-bond donors (Lipinski definition) is 0. The molecule has 0 aromatic carbocycles. The lowest BCUT2D eigenvalue weighted by molar-refractivity contribution is -0.175. The van der Waals surface area contributed by atoms with E-state index in [2.05, 4.69) is 6.92 Å². The van der Waals surface area contributed by atoms with E-state index in [0.717, 1.165) is 39.3 Å². The molecule has 0 aromatic rings. The summed E-state index contributed by atoms with van der Waals surface area (Å²) in [6.07, 6.45) is 8.34. The molecule has 0 bridgehead atoms. The molecule has 1 fully saturated rings. The van der Waals surface area contributed by atoms with E-state index in [1.807, 2.05) is 6.92 Å². The monoisotopic (exact) mass is 244 g/mol. The van der Waals surface area contributed by atoms with Gasteiger partial charge in [0, 0.05) is 19.4 Å². The van der Waals surface area contributed by atoms with E-state index < -0.39 is 0 Å². The van der Waals surface area contributed by atoms with Crippen LogP contribution >= 0.6 is 0 Å². The number of rotatable bonds is 10. The summed E-state index contributed by atoms with van der Waals surface area (Å²) in [6.45, 7) is 7.25. The van der Waals surface area contributed by atoms with Crippen molar-refractivity contribution in [3.8, 4) is 0 Å². The van der Waals surface area contributed by atoms with Crippen LogP contribution in [0.3, 0.4) is 0 Å². The zero-order chi connectivity index (χ0) is 12.4. The van der Waals surface area contributed by atoms with Gasteiger partial charge in [0.05, 0.1) is 19.8 Å². The average Bonchev–Trinajstić information content (AvgIpc) is 2.79. The third kappa shape index (κ3) is 5.84. The van der Waals surface area contributed by atoms with Gasteiger partial charge >= 0.3 is 0 Å². The van der Waals surface area contributed by atoms with E-state index >= 15 is 0 Å². The van der Waals surface area contributed by atoms with E-state index in [9.17, 15) is 0 Å². The second-order valence-corrected chi connectivity index (χ2v) is 4.72. The van der Waals surface area contributed by atoms with Crippen LogP contribution in [0, 0.1) is 0 Å². The summed E-state index contributed by atoms with van der Waals surface area (Å²) in [4.78, 5) is 0. The fraction of sp³-hybridized carbons (Fsp3) is 1.00. The molecule has 0 aromatic heterocycles. The number of unbranched alkanes of at least 4 members (excludes halogenated alkanes) is 4. The van der Waals surface area contributed by atoms with Gasteiger partial charge in [0.25, 0.3) is 0 Å². The van der Waals surface area contributed by atoms with Crippen LogP contribution in [0.1, 0.15) is 58.8 Å². The highest BCUT2D eigenvalue weighted by atomic mass is 16.7. The van der Waals surface area contributed by atoms with Crippen molar-refractivity contribution in [1.29, 1.82) is 0 Å². The first-order valence-corrected chi connectivity index (χ1v) is 7.18. The highest BCUT2D eigenvalue weighted by molar-refractivity contribution is 4.74. The van der Waals surface area contributed by atoms with Crippen LogP contribution in [0.4, 0.5) is 0 Å². The van der Waals surface area contributed by atoms with Crippen molar-refractivity contribution in [3.63, 3.8) is 0 Å². The lowest BCUT2D eigenvalue weighted by atomic mass is 10.0. The van der Waals surface area contributed by atoms with Crippen LogP contribution in [0.5, 0.6) is 0 Å². The molecule has 1 heterocycles. The minimum absolute atomic E-state index is 0.332. The summed E-state index contributed by atoms with van der Waals surface area (Å²) in [6, 6.07) is 0. The maximum atomic E-state index is 5.79. The van der Waals surface area contributed by atoms with Crippen molar-refractivity contribution in [1.82, 2.24) is 0 Å². The Balaban J connectivity index is 2.17. The molecular formula is C14H28O3. The SMILES string of the molecule is CCCCCCCC1(CCOCC)OCCO1. The van der Waals surface area contributed by atoms with Crippen molar-refractivity contribution >= 4 is 0 Å². The maximum absolute atomic E-state index is 5.79. The van der Waals surface area contributed by atoms with Crippen molar-refractivity contribution in [2.75, 3.05) is 26.4 Å². The molecule has 3 heteroatoms. The minimum Gasteiger partial charge on any atom is -0.382 e. The predicted molar refractivity (Wildman–Crippen MR) is 69.1 cm³/mol. The topological polar surface area (TPSA) is 27.7 Å². The molecule has 17 heavy (non-hydrogen) atoms. The number of hydrogen-bond acceptors (Lipinski definition) is 3. The fourth-order valence-corrected chi connectivity index (χ4v) is 2.28. The Morgan fingerprint density at radius 2 is 1.65 bits per heavy atom. The first-order chi connectivity index (χ1) is 8.33. The molecule has 0 saturated carbocycles. The van der Waals surface area contributed by atoms with E-state index in [4.69, 9.17) is 14.2 Å². The summed E-state index contributed by atoms with van der Waals surface area (Å²) >= 11 is 0. The summed E-state index contributed by atoms with van der Waals surface area (Å²) in [5.74, 6) is -0.332. The highest BCUT2D eigenvalue weighted by Crippen LogP contribution is 2.29. The third-order valence-corrected chi connectivity index (χ3v) is 3.31. The molecule has 0 aliphatic carbocycles. The Bertz CT molecular complexity index is 176. The summed E-state index contributed by atoms with van der Waals surface area (Å²) < 4.78 is 17.0. The van der Waals surface area contributed by atoms with Gasteiger partial charge in [-0.2, -0.15) is 0 Å². The molecule has 0 unspecified atom stereocenters. The second-order valence-electron chi connectivity index (χ2n) is 4.72. The third-order valence-electron chi connectivity index (χ3n) is 3.31. The van der Waals surface area contributed by atoms with Gasteiger partial charge in [-0.3, -0.25) is 0 Å². The quantitative estimate of drug-likeness (QED) is 0.550. The molecule has 0 radical (unpaired) electrons. The molecule has 3 nitrogen and oxygen atoms in total. The van der Waals surface area contributed by atoms with Crippen molar-refractivity contribution in [3.05, 3.63) is 0 Å². The van der Waals surface area contributed by atoms with E-state index in [0.29, 0.717) is 0 Å². The van der Waals surface area contributed by atoms with Gasteiger partial charge in [0.15, 0.2) is 5.79 Å². The predicted octanol–water partition coefficient (Wildman–Crippen LogP) is 3.52. The van der Waals surface area contributed by atoms with Crippen LogP contribution in [-0.4, -0.2) is 32.2 Å². The van der Waals surface area contributed by atoms with Crippen LogP contribution in [0.25, 0.3) is 0 Å². The number of ether oxygens (including phenoxy) is 3. The van der Waals surface area contributed by atoms with Crippen LogP contribution < -0.4 is 0 Å². The summed E-state index contributed by atoms with van der Waals surface area (Å²) in [5, 5.41) is 0. The van der Waals surface area contributed by atoms with E-state index in [1.165, 1.54) is 32.1 Å². The normalized spacial score (nSPS) is 18.7. The van der Waals surface area contributed by atoms with Gasteiger partial charge in [-0.05, 0) is 13.3 Å². The van der Waals surface area contributed by atoms with Crippen LogP contribution in [0.15, 0.2) is 0 Å². The molecular weight excluding hydrogens is 216 g/mol. The first kappa shape index (κ1) is 14.9. The summed E-state index contributed by atoms with van der Waals surface area (Å²) in [5.41, 5.74) is 0. The second kappa shape index (κ2) is 8.90. The van der Waals surface area contributed by atoms with Crippen molar-refractivity contribution in [2.45, 2.75) is 64.6 Å². The minimum atomic E-state index is -0.332. The Morgan fingerprint density at radius 1 is 0.941 bits per heavy atom. The fourth-order valence-electron chi connectivity index (χ4n) is 2.28. The highest BCUT2D eigenvalue weighted by Gasteiger charge is 2.35. The largest absolute Gasteiger partial charge is 0.382 e. The smallest absolute Gasteiger partial charge is 0.170 e. The Morgan fingerprint density at radius 3 is 2.29 bits per heavy atom. The zero-order valence-corrected chi connectivity index (χ0v) is 11.5. The zero-order valence-electron chi connectivity index (χ0n) is 11.5. The Kier molecular flexibility index (Phi) is 7.82.